The normalized spacial score (nSPS) is 10.1. The molecule has 84 valence electrons. The minimum absolute atomic E-state index is 0.162. The number of benzene rings is 2. The third kappa shape index (κ3) is 3.11. The van der Waals surface area contributed by atoms with Gasteiger partial charge in [-0.1, -0.05) is 0 Å². The number of para-hydroxylation sites is 1. The molecule has 0 radical (unpaired) electrons. The van der Waals surface area contributed by atoms with Gasteiger partial charge in [-0.3, -0.25) is 0 Å². The van der Waals surface area contributed by atoms with Gasteiger partial charge in [0.1, 0.15) is 0 Å². The third-order valence-corrected chi connectivity index (χ3v) is 3.33. The summed E-state index contributed by atoms with van der Waals surface area (Å²) in [6.45, 7) is 0. The van der Waals surface area contributed by atoms with E-state index in [2.05, 4.69) is 5.32 Å². The van der Waals surface area contributed by atoms with Gasteiger partial charge in [-0.25, -0.2) is 0 Å². The van der Waals surface area contributed by atoms with Crippen LogP contribution in [-0.4, -0.2) is 21.6 Å². The average molecular weight is 287 g/mol. The van der Waals surface area contributed by atoms with Crippen LogP contribution in [-0.2, 0) is 3.74 Å². The fourth-order valence-corrected chi connectivity index (χ4v) is 1.97. The van der Waals surface area contributed by atoms with Crippen LogP contribution in [0.15, 0.2) is 54.6 Å². The quantitative estimate of drug-likeness (QED) is 0.872. The van der Waals surface area contributed by atoms with Crippen molar-refractivity contribution >= 4 is 31.6 Å². The summed E-state index contributed by atoms with van der Waals surface area (Å²) in [4.78, 5) is 11.8. The van der Waals surface area contributed by atoms with Crippen LogP contribution in [0.5, 0.6) is 0 Å². The van der Waals surface area contributed by atoms with E-state index >= 15 is 0 Å². The molecule has 4 heteroatoms. The first-order valence-corrected chi connectivity index (χ1v) is 6.80. The van der Waals surface area contributed by atoms with Crippen molar-refractivity contribution in [1.82, 2.24) is 0 Å². The fourth-order valence-electron chi connectivity index (χ4n) is 1.40. The molecule has 2 aromatic rings. The number of rotatable bonds is 3. The fraction of sp³-hybridized carbons (Fsp3) is 0. The molecule has 2 aromatic carbocycles. The Labute approximate surface area is 106 Å². The number of nitrogens with one attached hydrogen (secondary N) is 1. The summed E-state index contributed by atoms with van der Waals surface area (Å²) >= 11 is -1.02. The molecule has 0 unspecified atom stereocenters. The minimum atomic E-state index is -1.02. The summed E-state index contributed by atoms with van der Waals surface area (Å²) in [5.74, 6) is -0.162. The molecule has 0 aliphatic rings. The monoisotopic (exact) mass is 287 g/mol. The Kier molecular flexibility index (Phi) is 3.84. The van der Waals surface area contributed by atoms with Crippen molar-refractivity contribution in [2.45, 2.75) is 0 Å². The molecule has 2 rings (SSSR count). The molecule has 3 nitrogen and oxygen atoms in total. The van der Waals surface area contributed by atoms with E-state index in [1.54, 1.807) is 24.3 Å². The predicted octanol–water partition coefficient (Wildman–Crippen LogP) is 1.61. The zero-order valence-electron chi connectivity index (χ0n) is 8.96. The summed E-state index contributed by atoms with van der Waals surface area (Å²) in [6, 6.07) is 16.1. The van der Waals surface area contributed by atoms with Crippen LogP contribution in [0.2, 0.25) is 0 Å². The first-order chi connectivity index (χ1) is 8.29. The Morgan fingerprint density at radius 3 is 2.18 bits per heavy atom. The molecule has 0 atom stereocenters. The summed E-state index contributed by atoms with van der Waals surface area (Å²) in [7, 11) is 0. The first kappa shape index (κ1) is 11.7. The van der Waals surface area contributed by atoms with Crippen LogP contribution < -0.4 is 9.67 Å². The molecule has 1 amide bonds. The molecule has 0 heterocycles. The van der Waals surface area contributed by atoms with Gasteiger partial charge in [-0.15, -0.1) is 0 Å². The summed E-state index contributed by atoms with van der Waals surface area (Å²) < 4.78 is 11.5. The summed E-state index contributed by atoms with van der Waals surface area (Å²) in [6.07, 6.45) is 0. The molecule has 0 fully saturated rings. The number of hydrogen-bond acceptors (Lipinski definition) is 2. The van der Waals surface area contributed by atoms with Crippen molar-refractivity contribution in [2.75, 3.05) is 5.32 Å². The van der Waals surface area contributed by atoms with Crippen molar-refractivity contribution in [1.29, 1.82) is 0 Å². The molecule has 0 bridgehead atoms. The third-order valence-electron chi connectivity index (χ3n) is 2.27. The van der Waals surface area contributed by atoms with Gasteiger partial charge in [0.2, 0.25) is 0 Å². The van der Waals surface area contributed by atoms with Crippen LogP contribution >= 0.6 is 0 Å². The van der Waals surface area contributed by atoms with Crippen LogP contribution in [0.4, 0.5) is 5.69 Å². The predicted molar refractivity (Wildman–Crippen MR) is 66.9 cm³/mol. The van der Waals surface area contributed by atoms with Crippen molar-refractivity contribution in [3.05, 3.63) is 60.2 Å². The van der Waals surface area contributed by atoms with Gasteiger partial charge >= 0.3 is 106 Å². The first-order valence-electron chi connectivity index (χ1n) is 5.09. The van der Waals surface area contributed by atoms with E-state index in [1.807, 2.05) is 30.3 Å². The Bertz CT molecular complexity index is 523. The van der Waals surface area contributed by atoms with E-state index in [0.717, 1.165) is 10.0 Å². The Balaban J connectivity index is 2.12. The van der Waals surface area contributed by atoms with E-state index in [-0.39, 0.29) is 5.91 Å². The molecule has 0 saturated carbocycles. The summed E-state index contributed by atoms with van der Waals surface area (Å²) in [5.41, 5.74) is 1.32. The average Bonchev–Trinajstić information content (AvgIpc) is 2.40. The second-order valence-electron chi connectivity index (χ2n) is 3.46. The molecular weight excluding hydrogens is 277 g/mol. The Morgan fingerprint density at radius 2 is 1.59 bits per heavy atom. The Morgan fingerprint density at radius 1 is 0.941 bits per heavy atom. The Hall–Kier alpha value is -1.73. The van der Waals surface area contributed by atoms with E-state index in [1.165, 1.54) is 0 Å². The van der Waals surface area contributed by atoms with Crippen molar-refractivity contribution in [3.8, 4) is 0 Å². The second kappa shape index (κ2) is 5.55. The molecule has 0 saturated heterocycles. The summed E-state index contributed by atoms with van der Waals surface area (Å²) in [5, 5.41) is 2.79. The van der Waals surface area contributed by atoms with Crippen molar-refractivity contribution in [3.63, 3.8) is 0 Å². The number of hydrogen-bond donors (Lipinski definition) is 1. The van der Waals surface area contributed by atoms with Gasteiger partial charge < -0.3 is 0 Å². The van der Waals surface area contributed by atoms with Crippen molar-refractivity contribution in [2.24, 2.45) is 0 Å². The molecule has 0 aliphatic carbocycles. The zero-order chi connectivity index (χ0) is 12.1. The second-order valence-corrected chi connectivity index (χ2v) is 4.92. The van der Waals surface area contributed by atoms with Crippen LogP contribution in [0.1, 0.15) is 10.4 Å². The van der Waals surface area contributed by atoms with Gasteiger partial charge in [-0.05, 0) is 0 Å². The topological polar surface area (TPSA) is 46.2 Å². The number of amides is 1. The van der Waals surface area contributed by atoms with Gasteiger partial charge in [0, 0.05) is 0 Å². The maximum absolute atomic E-state index is 11.8. The SMILES string of the molecule is O=[As]c1ccc(C(=O)Nc2ccccc2)cc1. The van der Waals surface area contributed by atoms with Crippen LogP contribution in [0.3, 0.4) is 0 Å². The maximum atomic E-state index is 11.8. The van der Waals surface area contributed by atoms with E-state index in [4.69, 9.17) is 0 Å². The number of carbonyl (C=O) groups is 1. The molecule has 0 aliphatic heterocycles. The van der Waals surface area contributed by atoms with E-state index in [0.29, 0.717) is 5.56 Å². The van der Waals surface area contributed by atoms with Crippen LogP contribution in [0, 0.1) is 0 Å². The molecule has 17 heavy (non-hydrogen) atoms. The van der Waals surface area contributed by atoms with Crippen molar-refractivity contribution < 1.29 is 8.53 Å². The number of anilines is 1. The molecule has 0 spiro atoms. The van der Waals surface area contributed by atoms with E-state index in [9.17, 15) is 8.53 Å². The standard InChI is InChI=1S/C13H10AsNO2/c16-13(15-12-4-2-1-3-5-12)10-6-8-11(14-17)9-7-10/h1-9H,(H,15,16). The van der Waals surface area contributed by atoms with Gasteiger partial charge in [0.25, 0.3) is 0 Å². The van der Waals surface area contributed by atoms with Gasteiger partial charge in [0.05, 0.1) is 0 Å². The molecular formula is C13H10AsNO2. The number of carbonyl (C=O) groups excluding carboxylic acids is 1. The zero-order valence-corrected chi connectivity index (χ0v) is 10.8. The van der Waals surface area contributed by atoms with Gasteiger partial charge in [0.15, 0.2) is 0 Å². The van der Waals surface area contributed by atoms with Gasteiger partial charge in [-0.2, -0.15) is 0 Å². The molecule has 0 aromatic heterocycles. The molecule has 1 N–H and O–H groups in total. The van der Waals surface area contributed by atoms with E-state index < -0.39 is 15.7 Å². The van der Waals surface area contributed by atoms with Crippen LogP contribution in [0.25, 0.3) is 0 Å².